The van der Waals surface area contributed by atoms with Crippen LogP contribution in [0, 0.1) is 0 Å². The molecule has 29 heavy (non-hydrogen) atoms. The lowest BCUT2D eigenvalue weighted by atomic mass is 10.2. The summed E-state index contributed by atoms with van der Waals surface area (Å²) >= 11 is 0. The Bertz CT molecular complexity index is 1010. The molecule has 0 spiro atoms. The zero-order valence-corrected chi connectivity index (χ0v) is 17.2. The second kappa shape index (κ2) is 8.62. The fourth-order valence-electron chi connectivity index (χ4n) is 2.96. The first-order valence-electron chi connectivity index (χ1n) is 9.30. The highest BCUT2D eigenvalue weighted by Gasteiger charge is 2.29. The summed E-state index contributed by atoms with van der Waals surface area (Å²) in [6, 6.07) is 13.2. The number of piperazine rings is 1. The highest BCUT2D eigenvalue weighted by atomic mass is 32.2. The topological polar surface area (TPSA) is 98.8 Å². The lowest BCUT2D eigenvalue weighted by molar-refractivity contribution is -0.122. The minimum Gasteiger partial charge on any atom is -0.375 e. The molecule has 9 heteroatoms. The molecule has 0 aromatic heterocycles. The Morgan fingerprint density at radius 2 is 1.93 bits per heavy atom. The van der Waals surface area contributed by atoms with Gasteiger partial charge in [0.05, 0.1) is 11.4 Å². The molecule has 0 radical (unpaired) electrons. The number of carbonyl (C=O) groups excluding carboxylic acids is 2. The van der Waals surface area contributed by atoms with Gasteiger partial charge in [0.15, 0.2) is 0 Å². The maximum Gasteiger partial charge on any atom is 0.255 e. The van der Waals surface area contributed by atoms with Gasteiger partial charge in [-0.05, 0) is 49.4 Å². The Hall–Kier alpha value is -2.91. The molecule has 1 aliphatic heterocycles. The molecule has 154 valence electrons. The fraction of sp³-hybridized carbons (Fsp3) is 0.300. The van der Waals surface area contributed by atoms with Crippen LogP contribution in [-0.2, 0) is 14.8 Å². The predicted molar refractivity (Wildman–Crippen MR) is 112 cm³/mol. The average molecular weight is 417 g/mol. The van der Waals surface area contributed by atoms with Gasteiger partial charge < -0.3 is 15.5 Å². The second-order valence-electron chi connectivity index (χ2n) is 6.73. The van der Waals surface area contributed by atoms with Gasteiger partial charge in [0.2, 0.25) is 15.9 Å². The summed E-state index contributed by atoms with van der Waals surface area (Å²) in [6.45, 7) is 3.17. The number of hydrogen-bond acceptors (Lipinski definition) is 5. The van der Waals surface area contributed by atoms with E-state index in [0.717, 1.165) is 16.5 Å². The Kier molecular flexibility index (Phi) is 6.19. The second-order valence-corrected chi connectivity index (χ2v) is 8.67. The summed E-state index contributed by atoms with van der Waals surface area (Å²) in [6.07, 6.45) is 0. The summed E-state index contributed by atoms with van der Waals surface area (Å²) < 4.78 is 26.7. The van der Waals surface area contributed by atoms with Crippen molar-refractivity contribution in [1.29, 1.82) is 0 Å². The van der Waals surface area contributed by atoms with Crippen LogP contribution < -0.4 is 15.5 Å². The van der Waals surface area contributed by atoms with Crippen LogP contribution in [0.2, 0.25) is 0 Å². The third-order valence-corrected chi connectivity index (χ3v) is 6.62. The van der Waals surface area contributed by atoms with Crippen LogP contribution in [0.3, 0.4) is 0 Å². The molecule has 0 aliphatic carbocycles. The van der Waals surface area contributed by atoms with Gasteiger partial charge in [-0.2, -0.15) is 4.31 Å². The number of hydrogen-bond donors (Lipinski definition) is 2. The summed E-state index contributed by atoms with van der Waals surface area (Å²) in [5, 5.41) is 5.33. The van der Waals surface area contributed by atoms with Gasteiger partial charge in [-0.15, -0.1) is 0 Å². The molecule has 2 N–H and O–H groups in total. The molecule has 2 amide bonds. The van der Waals surface area contributed by atoms with Crippen molar-refractivity contribution < 1.29 is 18.0 Å². The number of amides is 2. The van der Waals surface area contributed by atoms with Crippen molar-refractivity contribution >= 4 is 33.2 Å². The van der Waals surface area contributed by atoms with Gasteiger partial charge in [-0.3, -0.25) is 9.59 Å². The molecule has 2 aromatic carbocycles. The van der Waals surface area contributed by atoms with Crippen LogP contribution in [0.4, 0.5) is 11.4 Å². The molecular weight excluding hydrogens is 392 g/mol. The van der Waals surface area contributed by atoms with Crippen LogP contribution in [0.5, 0.6) is 0 Å². The van der Waals surface area contributed by atoms with Crippen LogP contribution in [0.15, 0.2) is 53.4 Å². The van der Waals surface area contributed by atoms with Gasteiger partial charge in [-0.1, -0.05) is 6.07 Å². The Morgan fingerprint density at radius 1 is 1.21 bits per heavy atom. The molecule has 0 saturated carbocycles. The van der Waals surface area contributed by atoms with Crippen molar-refractivity contribution in [3.63, 3.8) is 0 Å². The summed E-state index contributed by atoms with van der Waals surface area (Å²) in [5.41, 5.74) is 1.84. The number of sulfonamides is 1. The molecule has 2 aromatic rings. The van der Waals surface area contributed by atoms with Crippen molar-refractivity contribution in [2.45, 2.75) is 11.8 Å². The molecule has 0 atom stereocenters. The summed E-state index contributed by atoms with van der Waals surface area (Å²) in [5.74, 6) is -0.663. The van der Waals surface area contributed by atoms with Crippen LogP contribution >= 0.6 is 0 Å². The predicted octanol–water partition coefficient (Wildman–Crippen LogP) is 1.52. The van der Waals surface area contributed by atoms with Crippen molar-refractivity contribution in [3.05, 3.63) is 54.1 Å². The molecule has 1 heterocycles. The van der Waals surface area contributed by atoms with E-state index in [2.05, 4.69) is 15.5 Å². The van der Waals surface area contributed by atoms with Crippen molar-refractivity contribution in [2.75, 3.05) is 43.4 Å². The SMILES string of the molecule is CCN(C)c1ccc(C(=O)Nc2cccc(S(=O)(=O)N3CCNC(=O)C3)c2)cc1. The van der Waals surface area contributed by atoms with E-state index in [1.807, 2.05) is 26.1 Å². The number of nitrogens with zero attached hydrogens (tertiary/aromatic N) is 2. The lowest BCUT2D eigenvalue weighted by Crippen LogP contribution is -2.49. The number of rotatable bonds is 6. The molecule has 1 aliphatic rings. The standard InChI is InChI=1S/C20H24N4O4S/c1-3-23(2)17-9-7-15(8-10-17)20(26)22-16-5-4-6-18(13-16)29(27,28)24-12-11-21-19(25)14-24/h4-10,13H,3,11-12,14H2,1-2H3,(H,21,25)(H,22,26). The number of carbonyl (C=O) groups is 2. The Balaban J connectivity index is 1.75. The van der Waals surface area contributed by atoms with Crippen LogP contribution in [0.1, 0.15) is 17.3 Å². The summed E-state index contributed by atoms with van der Waals surface area (Å²) in [7, 11) is -1.86. The van der Waals surface area contributed by atoms with Crippen molar-refractivity contribution in [1.82, 2.24) is 9.62 Å². The molecule has 1 saturated heterocycles. The van der Waals surface area contributed by atoms with E-state index >= 15 is 0 Å². The van der Waals surface area contributed by atoms with E-state index in [9.17, 15) is 18.0 Å². The maximum atomic E-state index is 12.8. The Morgan fingerprint density at radius 3 is 2.59 bits per heavy atom. The van der Waals surface area contributed by atoms with Gasteiger partial charge in [0.25, 0.3) is 5.91 Å². The summed E-state index contributed by atoms with van der Waals surface area (Å²) in [4.78, 5) is 26.1. The van der Waals surface area contributed by atoms with Gasteiger partial charge in [-0.25, -0.2) is 8.42 Å². The molecule has 3 rings (SSSR count). The van der Waals surface area contributed by atoms with E-state index in [0.29, 0.717) is 11.3 Å². The van der Waals surface area contributed by atoms with E-state index in [1.54, 1.807) is 24.3 Å². The first kappa shape index (κ1) is 20.8. The highest BCUT2D eigenvalue weighted by Crippen LogP contribution is 2.21. The molecule has 0 unspecified atom stereocenters. The first-order chi connectivity index (χ1) is 13.8. The third-order valence-electron chi connectivity index (χ3n) is 4.78. The molecule has 8 nitrogen and oxygen atoms in total. The molecule has 1 fully saturated rings. The van der Waals surface area contributed by atoms with Gasteiger partial charge in [0.1, 0.15) is 0 Å². The van der Waals surface area contributed by atoms with Gasteiger partial charge >= 0.3 is 0 Å². The maximum absolute atomic E-state index is 12.8. The van der Waals surface area contributed by atoms with E-state index < -0.39 is 10.0 Å². The zero-order valence-electron chi connectivity index (χ0n) is 16.4. The normalized spacial score (nSPS) is 14.9. The minimum atomic E-state index is -3.82. The van der Waals surface area contributed by atoms with E-state index in [1.165, 1.54) is 12.1 Å². The quantitative estimate of drug-likeness (QED) is 0.744. The first-order valence-corrected chi connectivity index (χ1v) is 10.7. The van der Waals surface area contributed by atoms with Crippen molar-refractivity contribution in [2.24, 2.45) is 0 Å². The average Bonchev–Trinajstić information content (AvgIpc) is 2.73. The number of nitrogens with one attached hydrogen (secondary N) is 2. The minimum absolute atomic E-state index is 0.0323. The molecular formula is C20H24N4O4S. The Labute approximate surface area is 170 Å². The third kappa shape index (κ3) is 4.75. The zero-order chi connectivity index (χ0) is 21.0. The highest BCUT2D eigenvalue weighted by molar-refractivity contribution is 7.89. The monoisotopic (exact) mass is 416 g/mol. The van der Waals surface area contributed by atoms with E-state index in [-0.39, 0.29) is 36.3 Å². The van der Waals surface area contributed by atoms with Crippen LogP contribution in [-0.4, -0.2) is 57.8 Å². The van der Waals surface area contributed by atoms with Gasteiger partial charge in [0, 0.05) is 43.6 Å². The number of benzene rings is 2. The van der Waals surface area contributed by atoms with Crippen LogP contribution in [0.25, 0.3) is 0 Å². The van der Waals surface area contributed by atoms with Crippen molar-refractivity contribution in [3.8, 4) is 0 Å². The number of anilines is 2. The van der Waals surface area contributed by atoms with E-state index in [4.69, 9.17) is 0 Å². The fourth-order valence-corrected chi connectivity index (χ4v) is 4.40. The smallest absolute Gasteiger partial charge is 0.255 e. The molecule has 0 bridgehead atoms. The lowest BCUT2D eigenvalue weighted by Gasteiger charge is -2.26. The largest absolute Gasteiger partial charge is 0.375 e.